The SMILES string of the molecule is O=C(NC[C@@H]1CN(Cc2ccccc2)CCO1)c1cnc2c(c1)c(=O)[nH]c(=O)n2Cc1ccccc1. The standard InChI is InChI=1S/C27H27N5O4/c33-25(29-15-22-18-31(11-12-36-22)16-19-7-3-1-4-8-19)21-13-23-24(28-14-21)32(27(35)30-26(23)34)17-20-9-5-2-6-10-20/h1-10,13-14,22H,11-12,15-18H2,(H,29,33)(H,30,34,35)/t22-/m1/s1. The fraction of sp³-hybridized carbons (Fsp3) is 0.259. The highest BCUT2D eigenvalue weighted by Crippen LogP contribution is 2.12. The van der Waals surface area contributed by atoms with E-state index in [9.17, 15) is 14.4 Å². The van der Waals surface area contributed by atoms with E-state index in [-0.39, 0.29) is 35.2 Å². The zero-order chi connectivity index (χ0) is 24.9. The van der Waals surface area contributed by atoms with Gasteiger partial charge in [0.25, 0.3) is 11.5 Å². The Morgan fingerprint density at radius 2 is 1.72 bits per heavy atom. The third-order valence-electron chi connectivity index (χ3n) is 6.24. The Labute approximate surface area is 207 Å². The topological polar surface area (TPSA) is 109 Å². The molecule has 1 fully saturated rings. The molecule has 0 radical (unpaired) electrons. The van der Waals surface area contributed by atoms with E-state index in [1.807, 2.05) is 48.5 Å². The second kappa shape index (κ2) is 10.7. The van der Waals surface area contributed by atoms with Crippen molar-refractivity contribution < 1.29 is 9.53 Å². The van der Waals surface area contributed by atoms with E-state index < -0.39 is 11.2 Å². The lowest BCUT2D eigenvalue weighted by atomic mass is 10.2. The molecule has 0 saturated carbocycles. The van der Waals surface area contributed by atoms with Gasteiger partial charge in [-0.15, -0.1) is 0 Å². The second-order valence-corrected chi connectivity index (χ2v) is 8.85. The molecule has 4 aromatic rings. The first kappa shape index (κ1) is 23.7. The molecule has 0 bridgehead atoms. The van der Waals surface area contributed by atoms with Gasteiger partial charge in [0, 0.05) is 32.4 Å². The summed E-state index contributed by atoms with van der Waals surface area (Å²) in [5.74, 6) is -0.353. The van der Waals surface area contributed by atoms with Crippen LogP contribution in [0.4, 0.5) is 0 Å². The number of H-pyrrole nitrogens is 1. The molecule has 1 aliphatic rings. The Morgan fingerprint density at radius 1 is 1.03 bits per heavy atom. The number of pyridine rings is 1. The number of fused-ring (bicyclic) bond motifs is 1. The Kier molecular flexibility index (Phi) is 7.01. The molecule has 1 amide bonds. The molecule has 2 N–H and O–H groups in total. The number of hydrogen-bond acceptors (Lipinski definition) is 6. The van der Waals surface area contributed by atoms with E-state index >= 15 is 0 Å². The summed E-state index contributed by atoms with van der Waals surface area (Å²) >= 11 is 0. The van der Waals surface area contributed by atoms with Crippen molar-refractivity contribution in [2.24, 2.45) is 0 Å². The van der Waals surface area contributed by atoms with Crippen LogP contribution >= 0.6 is 0 Å². The van der Waals surface area contributed by atoms with Gasteiger partial charge in [-0.05, 0) is 17.2 Å². The largest absolute Gasteiger partial charge is 0.374 e. The fourth-order valence-corrected chi connectivity index (χ4v) is 4.40. The average Bonchev–Trinajstić information content (AvgIpc) is 2.91. The molecule has 36 heavy (non-hydrogen) atoms. The number of aromatic nitrogens is 3. The van der Waals surface area contributed by atoms with Crippen molar-refractivity contribution in [3.05, 3.63) is 110 Å². The number of morpholine rings is 1. The number of aromatic amines is 1. The van der Waals surface area contributed by atoms with Gasteiger partial charge >= 0.3 is 5.69 Å². The number of ether oxygens (including phenoxy) is 1. The summed E-state index contributed by atoms with van der Waals surface area (Å²) in [5, 5.41) is 3.07. The molecule has 2 aromatic carbocycles. The van der Waals surface area contributed by atoms with E-state index in [4.69, 9.17) is 4.74 Å². The number of benzene rings is 2. The van der Waals surface area contributed by atoms with Crippen LogP contribution in [0, 0.1) is 0 Å². The van der Waals surface area contributed by atoms with Crippen LogP contribution in [0.5, 0.6) is 0 Å². The molecule has 0 unspecified atom stereocenters. The lowest BCUT2D eigenvalue weighted by Crippen LogP contribution is -2.47. The number of nitrogens with zero attached hydrogens (tertiary/aromatic N) is 3. The van der Waals surface area contributed by atoms with Gasteiger partial charge in [0.15, 0.2) is 0 Å². The van der Waals surface area contributed by atoms with E-state index in [1.165, 1.54) is 22.4 Å². The lowest BCUT2D eigenvalue weighted by molar-refractivity contribution is -0.0292. The van der Waals surface area contributed by atoms with Crippen molar-refractivity contribution in [3.63, 3.8) is 0 Å². The summed E-state index contributed by atoms with van der Waals surface area (Å²) in [6, 6.07) is 21.1. The molecule has 9 nitrogen and oxygen atoms in total. The molecular formula is C27H27N5O4. The highest BCUT2D eigenvalue weighted by atomic mass is 16.5. The number of hydrogen-bond donors (Lipinski definition) is 2. The molecular weight excluding hydrogens is 458 g/mol. The normalized spacial score (nSPS) is 16.2. The van der Waals surface area contributed by atoms with Crippen molar-refractivity contribution in [3.8, 4) is 0 Å². The highest BCUT2D eigenvalue weighted by Gasteiger charge is 2.22. The first-order chi connectivity index (χ1) is 17.6. The summed E-state index contributed by atoms with van der Waals surface area (Å²) < 4.78 is 7.24. The van der Waals surface area contributed by atoms with Crippen molar-refractivity contribution in [1.29, 1.82) is 0 Å². The van der Waals surface area contributed by atoms with Crippen LogP contribution < -0.4 is 16.6 Å². The minimum Gasteiger partial charge on any atom is -0.374 e. The van der Waals surface area contributed by atoms with Gasteiger partial charge in [0.2, 0.25) is 0 Å². The van der Waals surface area contributed by atoms with E-state index in [1.54, 1.807) is 0 Å². The van der Waals surface area contributed by atoms with Crippen LogP contribution in [0.1, 0.15) is 21.5 Å². The van der Waals surface area contributed by atoms with Crippen LogP contribution in [0.15, 0.2) is 82.5 Å². The Hall–Kier alpha value is -4.08. The summed E-state index contributed by atoms with van der Waals surface area (Å²) in [6.45, 7) is 3.56. The smallest absolute Gasteiger partial charge is 0.330 e. The van der Waals surface area contributed by atoms with Crippen molar-refractivity contribution in [1.82, 2.24) is 24.8 Å². The van der Waals surface area contributed by atoms with E-state index in [0.29, 0.717) is 19.7 Å². The minimum absolute atomic E-state index is 0.140. The number of amides is 1. The summed E-state index contributed by atoms with van der Waals surface area (Å²) in [6.07, 6.45) is 1.25. The Bertz CT molecular complexity index is 1470. The van der Waals surface area contributed by atoms with Crippen LogP contribution in [-0.4, -0.2) is 57.7 Å². The molecule has 9 heteroatoms. The van der Waals surface area contributed by atoms with E-state index in [0.717, 1.165) is 18.7 Å². The number of rotatable bonds is 7. The lowest BCUT2D eigenvalue weighted by Gasteiger charge is -2.33. The van der Waals surface area contributed by atoms with Gasteiger partial charge in [-0.2, -0.15) is 0 Å². The number of carbonyl (C=O) groups is 1. The van der Waals surface area contributed by atoms with Crippen molar-refractivity contribution >= 4 is 16.9 Å². The highest BCUT2D eigenvalue weighted by molar-refractivity contribution is 5.96. The first-order valence-corrected chi connectivity index (χ1v) is 11.9. The molecule has 0 aliphatic carbocycles. The molecule has 1 aliphatic heterocycles. The predicted molar refractivity (Wildman–Crippen MR) is 136 cm³/mol. The zero-order valence-electron chi connectivity index (χ0n) is 19.7. The van der Waals surface area contributed by atoms with Gasteiger partial charge < -0.3 is 10.1 Å². The van der Waals surface area contributed by atoms with Crippen LogP contribution in [-0.2, 0) is 17.8 Å². The molecule has 1 atom stereocenters. The Morgan fingerprint density at radius 3 is 2.44 bits per heavy atom. The van der Waals surface area contributed by atoms with Crippen molar-refractivity contribution in [2.45, 2.75) is 19.2 Å². The maximum Gasteiger partial charge on any atom is 0.330 e. The summed E-state index contributed by atoms with van der Waals surface area (Å²) in [4.78, 5) is 46.8. The third-order valence-corrected chi connectivity index (χ3v) is 6.24. The fourth-order valence-electron chi connectivity index (χ4n) is 4.40. The average molecular weight is 486 g/mol. The molecule has 0 spiro atoms. The van der Waals surface area contributed by atoms with Crippen LogP contribution in [0.2, 0.25) is 0 Å². The number of nitrogens with one attached hydrogen (secondary N) is 2. The van der Waals surface area contributed by atoms with Crippen molar-refractivity contribution in [2.75, 3.05) is 26.2 Å². The molecule has 1 saturated heterocycles. The minimum atomic E-state index is -0.575. The molecule has 184 valence electrons. The summed E-state index contributed by atoms with van der Waals surface area (Å²) in [5.41, 5.74) is 1.49. The van der Waals surface area contributed by atoms with Gasteiger partial charge in [-0.25, -0.2) is 9.78 Å². The maximum atomic E-state index is 12.9. The Balaban J connectivity index is 1.27. The predicted octanol–water partition coefficient (Wildman–Crippen LogP) is 1.76. The van der Waals surface area contributed by atoms with Gasteiger partial charge in [0.05, 0.1) is 30.2 Å². The third kappa shape index (κ3) is 5.42. The molecule has 2 aromatic heterocycles. The van der Waals surface area contributed by atoms with E-state index in [2.05, 4.69) is 32.3 Å². The second-order valence-electron chi connectivity index (χ2n) is 8.85. The quantitative estimate of drug-likeness (QED) is 0.413. The van der Waals surface area contributed by atoms with Gasteiger partial charge in [-0.1, -0.05) is 60.7 Å². The summed E-state index contributed by atoms with van der Waals surface area (Å²) in [7, 11) is 0. The first-order valence-electron chi connectivity index (χ1n) is 11.9. The van der Waals surface area contributed by atoms with Gasteiger partial charge in [-0.3, -0.25) is 24.0 Å². The van der Waals surface area contributed by atoms with Crippen LogP contribution in [0.25, 0.3) is 11.0 Å². The molecule has 5 rings (SSSR count). The van der Waals surface area contributed by atoms with Crippen LogP contribution in [0.3, 0.4) is 0 Å². The number of carbonyl (C=O) groups excluding carboxylic acids is 1. The monoisotopic (exact) mass is 485 g/mol. The molecule has 3 heterocycles. The van der Waals surface area contributed by atoms with Gasteiger partial charge in [0.1, 0.15) is 5.65 Å². The zero-order valence-corrected chi connectivity index (χ0v) is 19.7. The maximum absolute atomic E-state index is 12.9.